The van der Waals surface area contributed by atoms with Gasteiger partial charge in [0.15, 0.2) is 5.13 Å². The summed E-state index contributed by atoms with van der Waals surface area (Å²) in [6.07, 6.45) is 5.35. The van der Waals surface area contributed by atoms with Crippen LogP contribution in [0.15, 0.2) is 24.7 Å². The van der Waals surface area contributed by atoms with Gasteiger partial charge in [0.05, 0.1) is 16.5 Å². The highest BCUT2D eigenvalue weighted by Crippen LogP contribution is 2.34. The molecule has 4 rings (SSSR count). The summed E-state index contributed by atoms with van der Waals surface area (Å²) in [4.78, 5) is 23.5. The van der Waals surface area contributed by atoms with E-state index in [0.29, 0.717) is 5.69 Å². The summed E-state index contributed by atoms with van der Waals surface area (Å²) < 4.78 is 2.91. The normalized spacial score (nSPS) is 17.7. The van der Waals surface area contributed by atoms with E-state index in [1.807, 2.05) is 26.1 Å². The quantitative estimate of drug-likeness (QED) is 0.745. The smallest absolute Gasteiger partial charge is 0.271 e. The van der Waals surface area contributed by atoms with E-state index in [-0.39, 0.29) is 11.9 Å². The fraction of sp³-hybridized carbons (Fsp3) is 0.389. The standard InChI is InChI=1S/C18H20ClN5OS/c1-11-13(19)5-6-15-16(11)22-18(26-15)24-7-3-4-12(8-24)21-17(25)14-9-23(2)10-20-14/h5-6,9-10,12H,3-4,7-8H2,1-2H3,(H,21,25). The van der Waals surface area contributed by atoms with Crippen LogP contribution in [0, 0.1) is 6.92 Å². The third-order valence-electron chi connectivity index (χ3n) is 4.70. The molecular weight excluding hydrogens is 370 g/mol. The van der Waals surface area contributed by atoms with E-state index >= 15 is 0 Å². The summed E-state index contributed by atoms with van der Waals surface area (Å²) in [5, 5.41) is 4.83. The number of aromatic nitrogens is 3. The second-order valence-electron chi connectivity index (χ2n) is 6.70. The maximum absolute atomic E-state index is 12.4. The van der Waals surface area contributed by atoms with E-state index < -0.39 is 0 Å². The van der Waals surface area contributed by atoms with Crippen molar-refractivity contribution < 1.29 is 4.79 Å². The highest BCUT2D eigenvalue weighted by Gasteiger charge is 2.25. The zero-order chi connectivity index (χ0) is 18.3. The molecule has 0 aliphatic carbocycles. The number of benzene rings is 1. The van der Waals surface area contributed by atoms with Crippen LogP contribution in [0.5, 0.6) is 0 Å². The number of anilines is 1. The summed E-state index contributed by atoms with van der Waals surface area (Å²) in [5.41, 5.74) is 2.44. The number of hydrogen-bond donors (Lipinski definition) is 1. The Bertz CT molecular complexity index is 966. The molecule has 1 amide bonds. The van der Waals surface area contributed by atoms with E-state index in [1.165, 1.54) is 0 Å². The van der Waals surface area contributed by atoms with Crippen molar-refractivity contribution >= 4 is 44.2 Å². The van der Waals surface area contributed by atoms with Gasteiger partial charge in [0.1, 0.15) is 5.69 Å². The Morgan fingerprint density at radius 3 is 3.04 bits per heavy atom. The molecule has 1 aliphatic heterocycles. The molecule has 2 aromatic heterocycles. The third-order valence-corrected chi connectivity index (χ3v) is 6.19. The Morgan fingerprint density at radius 2 is 2.27 bits per heavy atom. The fourth-order valence-corrected chi connectivity index (χ4v) is 4.49. The topological polar surface area (TPSA) is 63.1 Å². The molecule has 8 heteroatoms. The van der Waals surface area contributed by atoms with Crippen molar-refractivity contribution in [2.45, 2.75) is 25.8 Å². The molecule has 0 saturated carbocycles. The molecule has 6 nitrogen and oxygen atoms in total. The number of rotatable bonds is 3. The maximum atomic E-state index is 12.4. The molecule has 0 spiro atoms. The lowest BCUT2D eigenvalue weighted by atomic mass is 10.1. The molecule has 3 heterocycles. The monoisotopic (exact) mass is 389 g/mol. The van der Waals surface area contributed by atoms with Crippen molar-refractivity contribution in [2.75, 3.05) is 18.0 Å². The zero-order valence-electron chi connectivity index (χ0n) is 14.7. The Morgan fingerprint density at radius 1 is 1.42 bits per heavy atom. The minimum atomic E-state index is -0.121. The number of hydrogen-bond acceptors (Lipinski definition) is 5. The number of nitrogens with one attached hydrogen (secondary N) is 1. The van der Waals surface area contributed by atoms with Crippen molar-refractivity contribution in [1.29, 1.82) is 0 Å². The van der Waals surface area contributed by atoms with Gasteiger partial charge in [-0.2, -0.15) is 0 Å². The average molecular weight is 390 g/mol. The van der Waals surface area contributed by atoms with E-state index in [2.05, 4.69) is 15.2 Å². The molecule has 1 N–H and O–H groups in total. The highest BCUT2D eigenvalue weighted by molar-refractivity contribution is 7.22. The van der Waals surface area contributed by atoms with Crippen LogP contribution in [0.25, 0.3) is 10.2 Å². The number of nitrogens with zero attached hydrogens (tertiary/aromatic N) is 4. The molecule has 1 aliphatic rings. The van der Waals surface area contributed by atoms with Crippen LogP contribution in [0.1, 0.15) is 28.9 Å². The van der Waals surface area contributed by atoms with Gasteiger partial charge in [-0.15, -0.1) is 0 Å². The second kappa shape index (κ2) is 6.89. The van der Waals surface area contributed by atoms with Crippen molar-refractivity contribution in [3.05, 3.63) is 40.9 Å². The first kappa shape index (κ1) is 17.3. The lowest BCUT2D eigenvalue weighted by Gasteiger charge is -2.32. The molecule has 26 heavy (non-hydrogen) atoms. The number of piperidine rings is 1. The summed E-state index contributed by atoms with van der Waals surface area (Å²) in [7, 11) is 1.85. The fourth-order valence-electron chi connectivity index (χ4n) is 3.28. The lowest BCUT2D eigenvalue weighted by molar-refractivity contribution is 0.0928. The van der Waals surface area contributed by atoms with Gasteiger partial charge in [0.2, 0.25) is 0 Å². The molecule has 0 radical (unpaired) electrons. The van der Waals surface area contributed by atoms with E-state index in [1.54, 1.807) is 28.4 Å². The van der Waals surface area contributed by atoms with Gasteiger partial charge in [-0.1, -0.05) is 22.9 Å². The Kier molecular flexibility index (Phi) is 4.58. The van der Waals surface area contributed by atoms with Crippen LogP contribution in [0.3, 0.4) is 0 Å². The van der Waals surface area contributed by atoms with Crippen molar-refractivity contribution in [2.24, 2.45) is 7.05 Å². The lowest BCUT2D eigenvalue weighted by Crippen LogP contribution is -2.47. The summed E-state index contributed by atoms with van der Waals surface area (Å²) in [6.45, 7) is 3.70. The first-order valence-electron chi connectivity index (χ1n) is 8.60. The molecular formula is C18H20ClN5OS. The van der Waals surface area contributed by atoms with Gasteiger partial charge in [-0.05, 0) is 37.5 Å². The van der Waals surface area contributed by atoms with Crippen molar-refractivity contribution in [3.8, 4) is 0 Å². The van der Waals surface area contributed by atoms with Gasteiger partial charge < -0.3 is 14.8 Å². The number of amides is 1. The first-order valence-corrected chi connectivity index (χ1v) is 9.80. The molecule has 1 saturated heterocycles. The first-order chi connectivity index (χ1) is 12.5. The van der Waals surface area contributed by atoms with E-state index in [4.69, 9.17) is 16.6 Å². The summed E-state index contributed by atoms with van der Waals surface area (Å²) in [5.74, 6) is -0.121. The summed E-state index contributed by atoms with van der Waals surface area (Å²) >= 11 is 7.89. The minimum absolute atomic E-state index is 0.0925. The molecule has 1 unspecified atom stereocenters. The SMILES string of the molecule is Cc1c(Cl)ccc2sc(N3CCCC(NC(=O)c4cn(C)cn4)C3)nc12. The van der Waals surface area contributed by atoms with Crippen LogP contribution in [0.2, 0.25) is 5.02 Å². The number of imidazole rings is 1. The maximum Gasteiger partial charge on any atom is 0.271 e. The molecule has 0 bridgehead atoms. The van der Waals surface area contributed by atoms with Crippen molar-refractivity contribution in [1.82, 2.24) is 19.9 Å². The Hall–Kier alpha value is -2.12. The van der Waals surface area contributed by atoms with E-state index in [0.717, 1.165) is 51.9 Å². The van der Waals surface area contributed by atoms with Gasteiger partial charge in [0, 0.05) is 37.4 Å². The van der Waals surface area contributed by atoms with Crippen LogP contribution in [-0.2, 0) is 7.05 Å². The zero-order valence-corrected chi connectivity index (χ0v) is 16.3. The van der Waals surface area contributed by atoms with Gasteiger partial charge in [0.25, 0.3) is 5.91 Å². The average Bonchev–Trinajstić information content (AvgIpc) is 3.25. The minimum Gasteiger partial charge on any atom is -0.346 e. The van der Waals surface area contributed by atoms with Crippen LogP contribution < -0.4 is 10.2 Å². The van der Waals surface area contributed by atoms with E-state index in [9.17, 15) is 4.79 Å². The Balaban J connectivity index is 1.50. The summed E-state index contributed by atoms with van der Waals surface area (Å²) in [6, 6.07) is 4.04. The Labute approximate surface area is 160 Å². The number of carbonyl (C=O) groups is 1. The number of fused-ring (bicyclic) bond motifs is 1. The largest absolute Gasteiger partial charge is 0.346 e. The number of thiazole rings is 1. The van der Waals surface area contributed by atoms with Crippen LogP contribution >= 0.6 is 22.9 Å². The highest BCUT2D eigenvalue weighted by atomic mass is 35.5. The number of carbonyl (C=O) groups excluding carboxylic acids is 1. The second-order valence-corrected chi connectivity index (χ2v) is 8.11. The molecule has 3 aromatic rings. The molecule has 136 valence electrons. The molecule has 1 atom stereocenters. The number of halogens is 1. The van der Waals surface area contributed by atoms with Gasteiger partial charge in [-0.3, -0.25) is 4.79 Å². The van der Waals surface area contributed by atoms with Gasteiger partial charge >= 0.3 is 0 Å². The third kappa shape index (κ3) is 3.29. The predicted molar refractivity (Wildman–Crippen MR) is 105 cm³/mol. The predicted octanol–water partition coefficient (Wildman–Crippen LogP) is 3.39. The van der Waals surface area contributed by atoms with Crippen molar-refractivity contribution in [3.63, 3.8) is 0 Å². The number of aryl methyl sites for hydroxylation is 2. The van der Waals surface area contributed by atoms with Gasteiger partial charge in [-0.25, -0.2) is 9.97 Å². The van der Waals surface area contributed by atoms with Crippen LogP contribution in [0.4, 0.5) is 5.13 Å². The molecule has 1 aromatic carbocycles. The molecule has 1 fully saturated rings. The van der Waals surface area contributed by atoms with Crippen LogP contribution in [-0.4, -0.2) is 39.6 Å².